The molecule has 0 saturated carbocycles. The first-order valence-electron chi connectivity index (χ1n) is 7.88. The van der Waals surface area contributed by atoms with Crippen LogP contribution in [0.4, 0.5) is 0 Å². The molecule has 1 fully saturated rings. The van der Waals surface area contributed by atoms with E-state index in [4.69, 9.17) is 4.74 Å². The molecular formula is C16H19N3O3S. The van der Waals surface area contributed by atoms with Crippen molar-refractivity contribution < 1.29 is 13.2 Å². The summed E-state index contributed by atoms with van der Waals surface area (Å²) < 4.78 is 35.1. The highest BCUT2D eigenvalue weighted by atomic mass is 32.2. The molecule has 1 unspecified atom stereocenters. The van der Waals surface area contributed by atoms with Crippen molar-refractivity contribution >= 4 is 10.0 Å². The number of imidazole rings is 1. The average molecular weight is 333 g/mol. The average Bonchev–Trinajstić information content (AvgIpc) is 3.28. The van der Waals surface area contributed by atoms with E-state index in [-0.39, 0.29) is 6.04 Å². The van der Waals surface area contributed by atoms with Crippen LogP contribution in [-0.2, 0) is 23.0 Å². The predicted molar refractivity (Wildman–Crippen MR) is 84.8 cm³/mol. The topological polar surface area (TPSA) is 64.4 Å². The van der Waals surface area contributed by atoms with Gasteiger partial charge in [0.05, 0.1) is 17.8 Å². The van der Waals surface area contributed by atoms with Crippen molar-refractivity contribution in [2.75, 3.05) is 13.2 Å². The van der Waals surface area contributed by atoms with Crippen LogP contribution in [0.25, 0.3) is 0 Å². The number of aromatic nitrogens is 2. The highest BCUT2D eigenvalue weighted by molar-refractivity contribution is 7.89. The van der Waals surface area contributed by atoms with Gasteiger partial charge in [-0.05, 0) is 36.6 Å². The fraction of sp³-hybridized carbons (Fsp3) is 0.438. The number of ether oxygens (including phenoxy) is 1. The van der Waals surface area contributed by atoms with E-state index in [9.17, 15) is 8.42 Å². The van der Waals surface area contributed by atoms with Crippen LogP contribution in [0.15, 0.2) is 41.8 Å². The number of rotatable bonds is 4. The van der Waals surface area contributed by atoms with Crippen molar-refractivity contribution in [2.24, 2.45) is 0 Å². The van der Waals surface area contributed by atoms with Gasteiger partial charge < -0.3 is 9.30 Å². The van der Waals surface area contributed by atoms with Crippen LogP contribution >= 0.6 is 0 Å². The van der Waals surface area contributed by atoms with E-state index in [0.29, 0.717) is 24.6 Å². The standard InChI is InChI=1S/C16H19N3O3S/c20-23(21,15-3-4-16-13(10-15)5-9-22-16)19-7-1-2-14(19)11-18-8-6-17-12-18/h3-4,6,8,10,12,14H,1-2,5,7,9,11H2. The highest BCUT2D eigenvalue weighted by Gasteiger charge is 2.35. The van der Waals surface area contributed by atoms with Crippen LogP contribution in [-0.4, -0.2) is 41.5 Å². The van der Waals surface area contributed by atoms with Crippen LogP contribution < -0.4 is 4.74 Å². The number of hydrogen-bond acceptors (Lipinski definition) is 4. The molecule has 23 heavy (non-hydrogen) atoms. The van der Waals surface area contributed by atoms with Gasteiger partial charge in [-0.2, -0.15) is 4.31 Å². The highest BCUT2D eigenvalue weighted by Crippen LogP contribution is 2.31. The molecule has 1 aromatic heterocycles. The Hall–Kier alpha value is -1.86. The smallest absolute Gasteiger partial charge is 0.243 e. The lowest BCUT2D eigenvalue weighted by molar-refractivity contribution is 0.352. The summed E-state index contributed by atoms with van der Waals surface area (Å²) in [4.78, 5) is 4.40. The van der Waals surface area contributed by atoms with Crippen molar-refractivity contribution in [2.45, 2.75) is 36.7 Å². The summed E-state index contributed by atoms with van der Waals surface area (Å²) in [6.07, 6.45) is 7.87. The van der Waals surface area contributed by atoms with Gasteiger partial charge >= 0.3 is 0 Å². The lowest BCUT2D eigenvalue weighted by atomic mass is 10.2. The number of benzene rings is 1. The maximum absolute atomic E-state index is 13.0. The molecule has 4 rings (SSSR count). The molecule has 1 aromatic carbocycles. The van der Waals surface area contributed by atoms with Gasteiger partial charge in [-0.25, -0.2) is 13.4 Å². The Morgan fingerprint density at radius 1 is 1.35 bits per heavy atom. The molecule has 2 aliphatic heterocycles. The van der Waals surface area contributed by atoms with Gasteiger partial charge in [-0.3, -0.25) is 0 Å². The molecule has 0 aliphatic carbocycles. The molecule has 0 spiro atoms. The van der Waals surface area contributed by atoms with E-state index in [1.807, 2.05) is 10.8 Å². The van der Waals surface area contributed by atoms with Crippen molar-refractivity contribution in [1.29, 1.82) is 0 Å². The molecule has 7 heteroatoms. The van der Waals surface area contributed by atoms with Gasteiger partial charge in [0, 0.05) is 37.9 Å². The maximum Gasteiger partial charge on any atom is 0.243 e. The number of nitrogens with zero attached hydrogens (tertiary/aromatic N) is 3. The number of fused-ring (bicyclic) bond motifs is 1. The summed E-state index contributed by atoms with van der Waals surface area (Å²) >= 11 is 0. The molecule has 122 valence electrons. The number of sulfonamides is 1. The van der Waals surface area contributed by atoms with Crippen LogP contribution in [0.1, 0.15) is 18.4 Å². The lowest BCUT2D eigenvalue weighted by Crippen LogP contribution is -2.37. The molecule has 2 aromatic rings. The lowest BCUT2D eigenvalue weighted by Gasteiger charge is -2.24. The molecule has 0 bridgehead atoms. The van der Waals surface area contributed by atoms with Gasteiger partial charge in [0.1, 0.15) is 5.75 Å². The van der Waals surface area contributed by atoms with Crippen LogP contribution in [0.3, 0.4) is 0 Å². The molecular weight excluding hydrogens is 314 g/mol. The molecule has 0 radical (unpaired) electrons. The first kappa shape index (κ1) is 14.7. The second-order valence-corrected chi connectivity index (χ2v) is 7.93. The second-order valence-electron chi connectivity index (χ2n) is 6.04. The quantitative estimate of drug-likeness (QED) is 0.854. The first-order valence-corrected chi connectivity index (χ1v) is 9.32. The summed E-state index contributed by atoms with van der Waals surface area (Å²) in [6.45, 7) is 1.86. The summed E-state index contributed by atoms with van der Waals surface area (Å²) in [5, 5.41) is 0. The zero-order valence-electron chi connectivity index (χ0n) is 12.8. The zero-order valence-corrected chi connectivity index (χ0v) is 13.6. The van der Waals surface area contributed by atoms with Crippen molar-refractivity contribution in [3.05, 3.63) is 42.5 Å². The summed E-state index contributed by atoms with van der Waals surface area (Å²) in [5.41, 5.74) is 0.983. The van der Waals surface area contributed by atoms with Gasteiger partial charge in [-0.1, -0.05) is 0 Å². The maximum atomic E-state index is 13.0. The van der Waals surface area contributed by atoms with Gasteiger partial charge in [0.25, 0.3) is 0 Å². The SMILES string of the molecule is O=S(=O)(c1ccc2c(c1)CCO2)N1CCCC1Cn1ccnc1. The minimum Gasteiger partial charge on any atom is -0.493 e. The molecule has 6 nitrogen and oxygen atoms in total. The second kappa shape index (κ2) is 5.65. The van der Waals surface area contributed by atoms with E-state index >= 15 is 0 Å². The van der Waals surface area contributed by atoms with Gasteiger partial charge in [0.2, 0.25) is 10.0 Å². The minimum atomic E-state index is -3.47. The summed E-state index contributed by atoms with van der Waals surface area (Å²) in [6, 6.07) is 5.19. The predicted octanol–water partition coefficient (Wildman–Crippen LogP) is 1.67. The van der Waals surface area contributed by atoms with Crippen molar-refractivity contribution in [3.63, 3.8) is 0 Å². The third-order valence-electron chi connectivity index (χ3n) is 4.57. The van der Waals surface area contributed by atoms with E-state index in [1.54, 1.807) is 35.0 Å². The Morgan fingerprint density at radius 3 is 3.09 bits per heavy atom. The van der Waals surface area contributed by atoms with E-state index in [0.717, 1.165) is 30.6 Å². The molecule has 1 saturated heterocycles. The fourth-order valence-electron chi connectivity index (χ4n) is 3.40. The number of hydrogen-bond donors (Lipinski definition) is 0. The summed E-state index contributed by atoms with van der Waals surface area (Å²) in [7, 11) is -3.47. The Kier molecular flexibility index (Phi) is 3.61. The molecule has 0 N–H and O–H groups in total. The van der Waals surface area contributed by atoms with Gasteiger partial charge in [-0.15, -0.1) is 0 Å². The van der Waals surface area contributed by atoms with E-state index < -0.39 is 10.0 Å². The summed E-state index contributed by atoms with van der Waals surface area (Å²) in [5.74, 6) is 0.806. The molecule has 0 amide bonds. The zero-order chi connectivity index (χ0) is 15.9. The Morgan fingerprint density at radius 2 is 2.26 bits per heavy atom. The normalized spacial score (nSPS) is 21.3. The molecule has 2 aliphatic rings. The minimum absolute atomic E-state index is 0.0151. The third kappa shape index (κ3) is 2.64. The first-order chi connectivity index (χ1) is 11.1. The van der Waals surface area contributed by atoms with Crippen LogP contribution in [0.2, 0.25) is 0 Å². The monoisotopic (exact) mass is 333 g/mol. The Balaban J connectivity index is 1.62. The molecule has 1 atom stereocenters. The van der Waals surface area contributed by atoms with Crippen molar-refractivity contribution in [3.8, 4) is 5.75 Å². The Labute approximate surface area is 135 Å². The van der Waals surface area contributed by atoms with E-state index in [1.165, 1.54) is 0 Å². The van der Waals surface area contributed by atoms with Crippen molar-refractivity contribution in [1.82, 2.24) is 13.9 Å². The van der Waals surface area contributed by atoms with E-state index in [2.05, 4.69) is 4.98 Å². The Bertz CT molecular complexity index is 802. The third-order valence-corrected chi connectivity index (χ3v) is 6.52. The van der Waals surface area contributed by atoms with Gasteiger partial charge in [0.15, 0.2) is 0 Å². The van der Waals surface area contributed by atoms with Crippen LogP contribution in [0, 0.1) is 0 Å². The van der Waals surface area contributed by atoms with Crippen LogP contribution in [0.5, 0.6) is 5.75 Å². The largest absolute Gasteiger partial charge is 0.493 e. The fourth-order valence-corrected chi connectivity index (χ4v) is 5.14. The molecule has 3 heterocycles.